The lowest BCUT2D eigenvalue weighted by molar-refractivity contribution is -0.142. The van der Waals surface area contributed by atoms with Crippen LogP contribution in [0.3, 0.4) is 0 Å². The van der Waals surface area contributed by atoms with E-state index < -0.39 is 29.4 Å². The van der Waals surface area contributed by atoms with Gasteiger partial charge in [0.1, 0.15) is 12.5 Å². The number of carboxylic acids is 1. The van der Waals surface area contributed by atoms with Gasteiger partial charge in [-0.05, 0) is 35.1 Å². The predicted octanol–water partition coefficient (Wildman–Crippen LogP) is 3.30. The van der Waals surface area contributed by atoms with Gasteiger partial charge in [-0.2, -0.15) is 0 Å². The molecule has 2 aromatic rings. The van der Waals surface area contributed by atoms with E-state index in [1.807, 2.05) is 24.3 Å². The van der Waals surface area contributed by atoms with E-state index in [4.69, 9.17) is 9.47 Å². The molecule has 35 heavy (non-hydrogen) atoms. The third-order valence-corrected chi connectivity index (χ3v) is 7.67. The SMILES string of the molecule is O=C(NCC1(C(=O)NC2COCC2C(=O)O)CCCC1)OCC1c2ccccc2-c2ccccc21. The molecule has 2 atom stereocenters. The third-order valence-electron chi connectivity index (χ3n) is 7.67. The number of nitrogens with one attached hydrogen (secondary N) is 2. The average molecular weight is 479 g/mol. The number of hydrogen-bond donors (Lipinski definition) is 3. The molecule has 0 radical (unpaired) electrons. The van der Waals surface area contributed by atoms with Crippen molar-refractivity contribution in [3.05, 3.63) is 59.7 Å². The highest BCUT2D eigenvalue weighted by atomic mass is 16.5. The first-order valence-electron chi connectivity index (χ1n) is 12.2. The molecule has 184 valence electrons. The lowest BCUT2D eigenvalue weighted by Gasteiger charge is -2.30. The Morgan fingerprint density at radius 1 is 0.971 bits per heavy atom. The van der Waals surface area contributed by atoms with Gasteiger partial charge in [0, 0.05) is 12.5 Å². The molecule has 0 bridgehead atoms. The lowest BCUT2D eigenvalue weighted by atomic mass is 9.84. The Morgan fingerprint density at radius 3 is 2.23 bits per heavy atom. The molecule has 2 fully saturated rings. The van der Waals surface area contributed by atoms with Crippen molar-refractivity contribution in [1.29, 1.82) is 0 Å². The van der Waals surface area contributed by atoms with Gasteiger partial charge in [0.15, 0.2) is 0 Å². The van der Waals surface area contributed by atoms with E-state index in [-0.39, 0.29) is 38.2 Å². The minimum atomic E-state index is -0.981. The van der Waals surface area contributed by atoms with Crippen molar-refractivity contribution in [2.75, 3.05) is 26.4 Å². The lowest BCUT2D eigenvalue weighted by Crippen LogP contribution is -2.52. The standard InChI is InChI=1S/C27H30N2O6/c30-24(31)22-13-34-15-23(22)29-25(32)27(11-5-6-12-27)16-28-26(33)35-14-21-19-9-3-1-7-17(19)18-8-2-4-10-20(18)21/h1-4,7-10,21-23H,5-6,11-16H2,(H,28,33)(H,29,32)(H,30,31). The van der Waals surface area contributed by atoms with Crippen molar-refractivity contribution >= 4 is 18.0 Å². The Kier molecular flexibility index (Phi) is 6.47. The van der Waals surface area contributed by atoms with E-state index in [0.717, 1.165) is 35.1 Å². The van der Waals surface area contributed by atoms with Crippen LogP contribution in [0.15, 0.2) is 48.5 Å². The van der Waals surface area contributed by atoms with Gasteiger partial charge >= 0.3 is 12.1 Å². The van der Waals surface area contributed by atoms with Crippen LogP contribution in [0.5, 0.6) is 0 Å². The van der Waals surface area contributed by atoms with E-state index in [0.29, 0.717) is 12.8 Å². The minimum Gasteiger partial charge on any atom is -0.481 e. The van der Waals surface area contributed by atoms with Gasteiger partial charge in [0.2, 0.25) is 5.91 Å². The van der Waals surface area contributed by atoms with Gasteiger partial charge in [0.25, 0.3) is 0 Å². The van der Waals surface area contributed by atoms with Gasteiger partial charge in [-0.15, -0.1) is 0 Å². The Bertz CT molecular complexity index is 1080. The molecule has 1 heterocycles. The summed E-state index contributed by atoms with van der Waals surface area (Å²) in [5.74, 6) is -2.00. The molecular formula is C27H30N2O6. The van der Waals surface area contributed by atoms with Crippen LogP contribution in [0.1, 0.15) is 42.7 Å². The second kappa shape index (κ2) is 9.70. The summed E-state index contributed by atoms with van der Waals surface area (Å²) in [5, 5.41) is 15.1. The molecule has 1 aliphatic heterocycles. The highest BCUT2D eigenvalue weighted by molar-refractivity contribution is 5.85. The van der Waals surface area contributed by atoms with Gasteiger partial charge in [-0.1, -0.05) is 61.4 Å². The van der Waals surface area contributed by atoms with Gasteiger partial charge in [-0.25, -0.2) is 4.79 Å². The van der Waals surface area contributed by atoms with Crippen molar-refractivity contribution in [2.45, 2.75) is 37.6 Å². The van der Waals surface area contributed by atoms with Crippen LogP contribution in [0.2, 0.25) is 0 Å². The summed E-state index contributed by atoms with van der Waals surface area (Å²) < 4.78 is 10.9. The Labute approximate surface area is 204 Å². The van der Waals surface area contributed by atoms with Gasteiger partial charge in [-0.3, -0.25) is 9.59 Å². The molecular weight excluding hydrogens is 448 g/mol. The number of amides is 2. The van der Waals surface area contributed by atoms with Crippen LogP contribution in [0.25, 0.3) is 11.1 Å². The fraction of sp³-hybridized carbons (Fsp3) is 0.444. The maximum Gasteiger partial charge on any atom is 0.407 e. The molecule has 0 spiro atoms. The van der Waals surface area contributed by atoms with Crippen LogP contribution in [0, 0.1) is 11.3 Å². The molecule has 2 unspecified atom stereocenters. The number of carbonyl (C=O) groups excluding carboxylic acids is 2. The second-order valence-corrected chi connectivity index (χ2v) is 9.73. The zero-order valence-corrected chi connectivity index (χ0v) is 19.5. The first kappa shape index (κ1) is 23.4. The number of hydrogen-bond acceptors (Lipinski definition) is 5. The number of benzene rings is 2. The molecule has 8 nitrogen and oxygen atoms in total. The molecule has 0 aromatic heterocycles. The average Bonchev–Trinajstić information content (AvgIpc) is 3.60. The van der Waals surface area contributed by atoms with Gasteiger partial charge < -0.3 is 25.2 Å². The first-order chi connectivity index (χ1) is 17.0. The van der Waals surface area contributed by atoms with Crippen molar-refractivity contribution in [3.63, 3.8) is 0 Å². The molecule has 2 amide bonds. The van der Waals surface area contributed by atoms with Crippen LogP contribution in [-0.2, 0) is 19.1 Å². The number of rotatable bonds is 7. The monoisotopic (exact) mass is 478 g/mol. The highest BCUT2D eigenvalue weighted by Gasteiger charge is 2.44. The van der Waals surface area contributed by atoms with Crippen molar-refractivity contribution in [1.82, 2.24) is 10.6 Å². The molecule has 3 N–H and O–H groups in total. The highest BCUT2D eigenvalue weighted by Crippen LogP contribution is 2.44. The fourth-order valence-corrected chi connectivity index (χ4v) is 5.69. The summed E-state index contributed by atoms with van der Waals surface area (Å²) in [6.07, 6.45) is 2.47. The van der Waals surface area contributed by atoms with Gasteiger partial charge in [0.05, 0.1) is 24.7 Å². The topological polar surface area (TPSA) is 114 Å². The fourth-order valence-electron chi connectivity index (χ4n) is 5.69. The Balaban J connectivity index is 1.20. The van der Waals surface area contributed by atoms with Crippen molar-refractivity contribution in [3.8, 4) is 11.1 Å². The molecule has 3 aliphatic rings. The number of carbonyl (C=O) groups is 3. The molecule has 8 heteroatoms. The quantitative estimate of drug-likeness (QED) is 0.563. The van der Waals surface area contributed by atoms with E-state index >= 15 is 0 Å². The summed E-state index contributed by atoms with van der Waals surface area (Å²) in [7, 11) is 0. The number of fused-ring (bicyclic) bond motifs is 3. The number of carboxylic acid groups (broad SMARTS) is 1. The molecule has 5 rings (SSSR count). The summed E-state index contributed by atoms with van der Waals surface area (Å²) in [5.41, 5.74) is 3.83. The number of ether oxygens (including phenoxy) is 2. The number of alkyl carbamates (subject to hydrolysis) is 1. The van der Waals surface area contributed by atoms with E-state index in [1.54, 1.807) is 0 Å². The zero-order chi connectivity index (χ0) is 24.4. The molecule has 1 saturated heterocycles. The minimum absolute atomic E-state index is 0.0350. The summed E-state index contributed by atoms with van der Waals surface area (Å²) >= 11 is 0. The zero-order valence-electron chi connectivity index (χ0n) is 19.5. The Morgan fingerprint density at radius 2 is 1.60 bits per heavy atom. The van der Waals surface area contributed by atoms with Crippen molar-refractivity contribution < 1.29 is 29.0 Å². The van der Waals surface area contributed by atoms with Crippen LogP contribution < -0.4 is 10.6 Å². The smallest absolute Gasteiger partial charge is 0.407 e. The van der Waals surface area contributed by atoms with E-state index in [9.17, 15) is 19.5 Å². The van der Waals surface area contributed by atoms with Crippen LogP contribution in [0.4, 0.5) is 4.79 Å². The van der Waals surface area contributed by atoms with E-state index in [2.05, 4.69) is 34.9 Å². The summed E-state index contributed by atoms with van der Waals surface area (Å²) in [4.78, 5) is 37.3. The first-order valence-corrected chi connectivity index (χ1v) is 12.2. The maximum atomic E-state index is 13.2. The summed E-state index contributed by atoms with van der Waals surface area (Å²) in [6.45, 7) is 0.628. The number of aliphatic carboxylic acids is 1. The second-order valence-electron chi connectivity index (χ2n) is 9.73. The summed E-state index contributed by atoms with van der Waals surface area (Å²) in [6, 6.07) is 15.7. The molecule has 1 saturated carbocycles. The normalized spacial score (nSPS) is 22.3. The maximum absolute atomic E-state index is 13.2. The third kappa shape index (κ3) is 4.50. The largest absolute Gasteiger partial charge is 0.481 e. The Hall–Kier alpha value is -3.39. The molecule has 2 aliphatic carbocycles. The predicted molar refractivity (Wildman–Crippen MR) is 128 cm³/mol. The van der Waals surface area contributed by atoms with Crippen LogP contribution >= 0.6 is 0 Å². The van der Waals surface area contributed by atoms with Crippen molar-refractivity contribution in [2.24, 2.45) is 11.3 Å². The molecule has 2 aromatic carbocycles. The van der Waals surface area contributed by atoms with Crippen LogP contribution in [-0.4, -0.2) is 55.5 Å². The van der Waals surface area contributed by atoms with E-state index in [1.165, 1.54) is 0 Å².